The van der Waals surface area contributed by atoms with Gasteiger partial charge in [-0.3, -0.25) is 9.59 Å². The number of fused-ring (bicyclic) bond motifs is 1. The first-order valence-electron chi connectivity index (χ1n) is 5.51. The van der Waals surface area contributed by atoms with Crippen molar-refractivity contribution in [3.63, 3.8) is 0 Å². The lowest BCUT2D eigenvalue weighted by Gasteiger charge is -2.20. The second-order valence-electron chi connectivity index (χ2n) is 4.34. The Hall–Kier alpha value is -1.46. The molecule has 1 amide bonds. The lowest BCUT2D eigenvalue weighted by molar-refractivity contribution is -0.114. The summed E-state index contributed by atoms with van der Waals surface area (Å²) >= 11 is 5.85. The van der Waals surface area contributed by atoms with E-state index in [1.54, 1.807) is 0 Å². The van der Waals surface area contributed by atoms with Gasteiger partial charge in [-0.1, -0.05) is 18.5 Å². The molecule has 0 aromatic heterocycles. The third-order valence-electron chi connectivity index (χ3n) is 2.91. The van der Waals surface area contributed by atoms with Crippen LogP contribution in [0, 0.1) is 11.7 Å². The molecule has 4 nitrogen and oxygen atoms in total. The molecule has 0 aliphatic carbocycles. The highest BCUT2D eigenvalue weighted by Crippen LogP contribution is 2.36. The van der Waals surface area contributed by atoms with E-state index in [9.17, 15) is 14.0 Å². The van der Waals surface area contributed by atoms with Crippen LogP contribution in [0.3, 0.4) is 0 Å². The summed E-state index contributed by atoms with van der Waals surface area (Å²) in [6, 6.07) is 2.42. The fourth-order valence-corrected chi connectivity index (χ4v) is 2.15. The molecule has 0 radical (unpaired) electrons. The molecule has 0 saturated carbocycles. The minimum atomic E-state index is -0.765. The topological polar surface area (TPSA) is 63.4 Å². The van der Waals surface area contributed by atoms with Gasteiger partial charge in [-0.25, -0.2) is 4.39 Å². The average Bonchev–Trinajstić information content (AvgIpc) is 2.60. The summed E-state index contributed by atoms with van der Waals surface area (Å²) in [5.74, 6) is -2.18. The van der Waals surface area contributed by atoms with Crippen molar-refractivity contribution < 1.29 is 14.0 Å². The number of ketones is 1. The smallest absolute Gasteiger partial charge is 0.299 e. The minimum absolute atomic E-state index is 0.0298. The van der Waals surface area contributed by atoms with Crippen molar-refractivity contribution in [2.75, 3.05) is 18.0 Å². The number of rotatable bonds is 3. The lowest BCUT2D eigenvalue weighted by Crippen LogP contribution is -2.36. The summed E-state index contributed by atoms with van der Waals surface area (Å²) in [4.78, 5) is 24.7. The molecule has 1 aliphatic heterocycles. The van der Waals surface area contributed by atoms with E-state index in [0.717, 1.165) is 11.0 Å². The van der Waals surface area contributed by atoms with Crippen molar-refractivity contribution in [3.8, 4) is 0 Å². The molecule has 1 aromatic rings. The largest absolute Gasteiger partial charge is 0.330 e. The molecule has 2 rings (SSSR count). The van der Waals surface area contributed by atoms with Crippen molar-refractivity contribution in [1.82, 2.24) is 0 Å². The van der Waals surface area contributed by atoms with Crippen LogP contribution >= 0.6 is 11.6 Å². The normalized spacial score (nSPS) is 16.1. The first-order chi connectivity index (χ1) is 8.47. The van der Waals surface area contributed by atoms with E-state index in [4.69, 9.17) is 17.3 Å². The maximum Gasteiger partial charge on any atom is 0.299 e. The van der Waals surface area contributed by atoms with Gasteiger partial charge in [0.15, 0.2) is 0 Å². The summed E-state index contributed by atoms with van der Waals surface area (Å²) in [5.41, 5.74) is 5.40. The number of nitrogens with zero attached hydrogens (tertiary/aromatic N) is 1. The van der Waals surface area contributed by atoms with Gasteiger partial charge in [0.1, 0.15) is 5.82 Å². The zero-order valence-corrected chi connectivity index (χ0v) is 10.5. The van der Waals surface area contributed by atoms with Crippen LogP contribution in [0.25, 0.3) is 0 Å². The fraction of sp³-hybridized carbons (Fsp3) is 0.333. The van der Waals surface area contributed by atoms with Crippen LogP contribution in [0.5, 0.6) is 0 Å². The molecule has 0 spiro atoms. The van der Waals surface area contributed by atoms with Gasteiger partial charge in [-0.15, -0.1) is 0 Å². The SMILES string of the molecule is CC(CN)CN1C(=O)C(=O)c2c(Cl)ccc(F)c21. The van der Waals surface area contributed by atoms with E-state index in [1.807, 2.05) is 6.92 Å². The zero-order chi connectivity index (χ0) is 13.4. The molecule has 0 bridgehead atoms. The summed E-state index contributed by atoms with van der Waals surface area (Å²) in [6.45, 7) is 2.36. The number of carbonyl (C=O) groups excluding carboxylic acids is 2. The van der Waals surface area contributed by atoms with E-state index in [-0.39, 0.29) is 28.7 Å². The highest BCUT2D eigenvalue weighted by atomic mass is 35.5. The molecule has 2 N–H and O–H groups in total. The molecule has 96 valence electrons. The van der Waals surface area contributed by atoms with Gasteiger partial charge in [0, 0.05) is 6.54 Å². The van der Waals surface area contributed by atoms with Gasteiger partial charge >= 0.3 is 0 Å². The Morgan fingerprint density at radius 2 is 2.11 bits per heavy atom. The van der Waals surface area contributed by atoms with E-state index < -0.39 is 17.5 Å². The molecule has 1 unspecified atom stereocenters. The predicted molar refractivity (Wildman–Crippen MR) is 66.3 cm³/mol. The maximum atomic E-state index is 13.8. The monoisotopic (exact) mass is 270 g/mol. The van der Waals surface area contributed by atoms with Crippen molar-refractivity contribution in [1.29, 1.82) is 0 Å². The Labute approximate surface area is 109 Å². The quantitative estimate of drug-likeness (QED) is 0.849. The van der Waals surface area contributed by atoms with Crippen LogP contribution in [0.1, 0.15) is 17.3 Å². The van der Waals surface area contributed by atoms with E-state index in [0.29, 0.717) is 6.54 Å². The molecule has 1 heterocycles. The van der Waals surface area contributed by atoms with Crippen LogP contribution in [0.15, 0.2) is 12.1 Å². The third-order valence-corrected chi connectivity index (χ3v) is 3.23. The third kappa shape index (κ3) is 1.89. The highest BCUT2D eigenvalue weighted by Gasteiger charge is 2.40. The van der Waals surface area contributed by atoms with E-state index in [1.165, 1.54) is 6.07 Å². The number of nitrogens with two attached hydrogens (primary N) is 1. The predicted octanol–water partition coefficient (Wildman–Crippen LogP) is 1.60. The Morgan fingerprint density at radius 3 is 2.72 bits per heavy atom. The van der Waals surface area contributed by atoms with Gasteiger partial charge in [-0.2, -0.15) is 0 Å². The number of hydrogen-bond donors (Lipinski definition) is 1. The molecule has 18 heavy (non-hydrogen) atoms. The van der Waals surface area contributed by atoms with Gasteiger partial charge in [0.2, 0.25) is 0 Å². The van der Waals surface area contributed by atoms with E-state index in [2.05, 4.69) is 0 Å². The molecule has 1 aromatic carbocycles. The number of carbonyl (C=O) groups is 2. The Bertz CT molecular complexity index is 533. The highest BCUT2D eigenvalue weighted by molar-refractivity contribution is 6.55. The van der Waals surface area contributed by atoms with Crippen molar-refractivity contribution in [2.24, 2.45) is 11.7 Å². The van der Waals surface area contributed by atoms with Gasteiger partial charge in [0.25, 0.3) is 11.7 Å². The molecular formula is C12H12ClFN2O2. The Balaban J connectivity index is 2.51. The zero-order valence-electron chi connectivity index (χ0n) is 9.74. The second-order valence-corrected chi connectivity index (χ2v) is 4.75. The lowest BCUT2D eigenvalue weighted by atomic mass is 10.1. The number of benzene rings is 1. The van der Waals surface area contributed by atoms with Gasteiger partial charge < -0.3 is 10.6 Å². The van der Waals surface area contributed by atoms with Gasteiger partial charge in [0.05, 0.1) is 16.3 Å². The average molecular weight is 271 g/mol. The van der Waals surface area contributed by atoms with Crippen molar-refractivity contribution in [2.45, 2.75) is 6.92 Å². The first kappa shape index (κ1) is 13.0. The molecular weight excluding hydrogens is 259 g/mol. The van der Waals surface area contributed by atoms with Crippen molar-refractivity contribution in [3.05, 3.63) is 28.5 Å². The summed E-state index contributed by atoms with van der Waals surface area (Å²) < 4.78 is 13.8. The van der Waals surface area contributed by atoms with Crippen LogP contribution in [0.2, 0.25) is 5.02 Å². The van der Waals surface area contributed by atoms with Crippen LogP contribution in [-0.4, -0.2) is 24.8 Å². The number of Topliss-reactive ketones (excluding diaryl/α,β-unsaturated/α-hetero) is 1. The Kier molecular flexibility index (Phi) is 3.36. The fourth-order valence-electron chi connectivity index (χ4n) is 1.91. The molecule has 1 atom stereocenters. The number of halogens is 2. The summed E-state index contributed by atoms with van der Waals surface area (Å²) in [7, 11) is 0. The maximum absolute atomic E-state index is 13.8. The molecule has 6 heteroatoms. The summed E-state index contributed by atoms with van der Waals surface area (Å²) in [5, 5.41) is 0.0904. The first-order valence-corrected chi connectivity index (χ1v) is 5.89. The van der Waals surface area contributed by atoms with Crippen LogP contribution < -0.4 is 10.6 Å². The molecule has 1 aliphatic rings. The van der Waals surface area contributed by atoms with Gasteiger partial charge in [-0.05, 0) is 24.6 Å². The standard InChI is InChI=1S/C12H12ClFN2O2/c1-6(4-15)5-16-10-8(14)3-2-7(13)9(10)11(17)12(16)18/h2-3,6H,4-5,15H2,1H3. The number of amides is 1. The second kappa shape index (κ2) is 4.66. The van der Waals surface area contributed by atoms with Crippen LogP contribution in [0.4, 0.5) is 10.1 Å². The van der Waals surface area contributed by atoms with Crippen molar-refractivity contribution >= 4 is 29.0 Å². The number of hydrogen-bond acceptors (Lipinski definition) is 3. The molecule has 0 saturated heterocycles. The molecule has 0 fully saturated rings. The van der Waals surface area contributed by atoms with Crippen LogP contribution in [-0.2, 0) is 4.79 Å². The minimum Gasteiger partial charge on any atom is -0.330 e. The number of anilines is 1. The summed E-state index contributed by atoms with van der Waals surface area (Å²) in [6.07, 6.45) is 0. The van der Waals surface area contributed by atoms with E-state index >= 15 is 0 Å². The Morgan fingerprint density at radius 1 is 1.44 bits per heavy atom.